The molecule has 0 aromatic rings. The van der Waals surface area contributed by atoms with E-state index in [9.17, 15) is 14.7 Å². The number of carboxylic acids is 1. The Balaban J connectivity index is 1.62. The Labute approximate surface area is 173 Å². The van der Waals surface area contributed by atoms with Gasteiger partial charge in [0.1, 0.15) is 5.78 Å². The van der Waals surface area contributed by atoms with Gasteiger partial charge in [0.15, 0.2) is 0 Å². The van der Waals surface area contributed by atoms with Gasteiger partial charge in [-0.1, -0.05) is 12.1 Å². The van der Waals surface area contributed by atoms with Crippen LogP contribution in [0.1, 0.15) is 71.6 Å². The second-order valence-corrected chi connectivity index (χ2v) is 10.4. The number of hydrogen-bond donors (Lipinski definition) is 2. The molecule has 4 rings (SSSR count). The number of hydrogen-bond acceptors (Lipinski definition) is 5. The number of fused-ring (bicyclic) bond motifs is 5. The highest BCUT2D eigenvalue weighted by atomic mass is 16.6. The van der Waals surface area contributed by atoms with E-state index in [1.54, 1.807) is 6.92 Å². The summed E-state index contributed by atoms with van der Waals surface area (Å²) in [7, 11) is 0. The predicted molar refractivity (Wildman–Crippen MR) is 108 cm³/mol. The van der Waals surface area contributed by atoms with Gasteiger partial charge in [-0.2, -0.15) is 0 Å². The Bertz CT molecular complexity index is 693. The average Bonchev–Trinajstić information content (AvgIpc) is 3.02. The third-order valence-corrected chi connectivity index (χ3v) is 9.25. The Morgan fingerprint density at radius 2 is 1.90 bits per heavy atom. The Hall–Kier alpha value is -1.43. The number of aliphatic carboxylic acids is 1. The molecule has 0 radical (unpaired) electrons. The van der Waals surface area contributed by atoms with E-state index in [-0.39, 0.29) is 22.9 Å². The van der Waals surface area contributed by atoms with Gasteiger partial charge < -0.3 is 15.1 Å². The molecule has 162 valence electrons. The van der Waals surface area contributed by atoms with Crippen LogP contribution in [0, 0.1) is 40.4 Å². The number of aliphatic hydroxyl groups excluding tert-OH is 1. The summed E-state index contributed by atoms with van der Waals surface area (Å²) in [5.74, 6) is 1.54. The fourth-order valence-corrected chi connectivity index (χ4v) is 8.07. The first kappa shape index (κ1) is 20.8. The lowest BCUT2D eigenvalue weighted by atomic mass is 9.44. The number of carbonyl (C=O) groups excluding carboxylic acids is 1. The van der Waals surface area contributed by atoms with Crippen molar-refractivity contribution in [3.05, 3.63) is 0 Å². The lowest BCUT2D eigenvalue weighted by Gasteiger charge is -2.60. The van der Waals surface area contributed by atoms with Crippen molar-refractivity contribution in [1.82, 2.24) is 0 Å². The van der Waals surface area contributed by atoms with Gasteiger partial charge in [0.2, 0.25) is 6.61 Å². The summed E-state index contributed by atoms with van der Waals surface area (Å²) in [4.78, 5) is 28.2. The number of oxime groups is 1. The molecule has 4 saturated carbocycles. The third kappa shape index (κ3) is 3.41. The highest BCUT2D eigenvalue weighted by Crippen LogP contribution is 2.67. The van der Waals surface area contributed by atoms with Gasteiger partial charge >= 0.3 is 5.97 Å². The molecule has 4 aliphatic rings. The lowest BCUT2D eigenvalue weighted by Crippen LogP contribution is -2.56. The number of carbonyl (C=O) groups is 2. The molecule has 4 fully saturated rings. The van der Waals surface area contributed by atoms with E-state index in [1.165, 1.54) is 6.42 Å². The number of rotatable bonds is 5. The molecule has 29 heavy (non-hydrogen) atoms. The second-order valence-electron chi connectivity index (χ2n) is 10.4. The molecule has 0 aromatic heterocycles. The summed E-state index contributed by atoms with van der Waals surface area (Å²) in [5, 5.41) is 23.3. The second kappa shape index (κ2) is 7.68. The first-order valence-corrected chi connectivity index (χ1v) is 11.3. The summed E-state index contributed by atoms with van der Waals surface area (Å²) < 4.78 is 0. The van der Waals surface area contributed by atoms with Crippen LogP contribution in [0.25, 0.3) is 0 Å². The smallest absolute Gasteiger partial charge is 0.344 e. The minimum Gasteiger partial charge on any atom is -0.479 e. The Kier molecular flexibility index (Phi) is 5.51. The first-order chi connectivity index (χ1) is 13.8. The molecular weight excluding hydrogens is 370 g/mol. The topological polar surface area (TPSA) is 96.2 Å². The summed E-state index contributed by atoms with van der Waals surface area (Å²) in [5.41, 5.74) is 0.00243. The summed E-state index contributed by atoms with van der Waals surface area (Å²) in [6.45, 7) is 3.69. The average molecular weight is 406 g/mol. The van der Waals surface area contributed by atoms with Crippen LogP contribution in [0.4, 0.5) is 0 Å². The van der Waals surface area contributed by atoms with E-state index >= 15 is 0 Å². The number of carboxylic acid groups (broad SMARTS) is 1. The fraction of sp³-hybridized carbons (Fsp3) is 0.870. The standard InChI is InChI=1S/C23H35NO5/c1-14(25)18-5-6-19-17-4-3-15-11-16(26)7-10-23(15,13-24-29-12-21(27)28)20(17)8-9-22(18,19)2/h13,15-20,26H,3-12H2,1-2H3,(H,27,28)/b24-13+/t15-,16+,17+,18-,19+,20+,22-,23-/m1/s1. The maximum absolute atomic E-state index is 12.3. The van der Waals surface area contributed by atoms with E-state index < -0.39 is 12.6 Å². The van der Waals surface area contributed by atoms with Crippen molar-refractivity contribution in [2.24, 2.45) is 45.6 Å². The van der Waals surface area contributed by atoms with Crippen molar-refractivity contribution < 1.29 is 24.6 Å². The summed E-state index contributed by atoms with van der Waals surface area (Å²) in [6, 6.07) is 0. The van der Waals surface area contributed by atoms with Gasteiger partial charge in [-0.25, -0.2) is 4.79 Å². The fourth-order valence-electron chi connectivity index (χ4n) is 8.07. The maximum atomic E-state index is 12.3. The van der Waals surface area contributed by atoms with Crippen LogP contribution < -0.4 is 0 Å². The summed E-state index contributed by atoms with van der Waals surface area (Å²) >= 11 is 0. The van der Waals surface area contributed by atoms with E-state index in [2.05, 4.69) is 12.1 Å². The number of aliphatic hydroxyl groups is 1. The van der Waals surface area contributed by atoms with Crippen molar-refractivity contribution in [2.45, 2.75) is 77.7 Å². The van der Waals surface area contributed by atoms with Crippen LogP contribution in [0.2, 0.25) is 0 Å². The molecule has 6 nitrogen and oxygen atoms in total. The molecule has 4 aliphatic carbocycles. The molecule has 0 aromatic carbocycles. The van der Waals surface area contributed by atoms with Crippen LogP contribution in [-0.2, 0) is 14.4 Å². The Morgan fingerprint density at radius 1 is 1.10 bits per heavy atom. The molecule has 0 amide bonds. The highest BCUT2D eigenvalue weighted by molar-refractivity contribution is 5.79. The molecule has 0 aliphatic heterocycles. The number of ketones is 1. The van der Waals surface area contributed by atoms with Crippen molar-refractivity contribution in [2.75, 3.05) is 6.61 Å². The van der Waals surface area contributed by atoms with Gasteiger partial charge in [0.25, 0.3) is 0 Å². The molecule has 0 spiro atoms. The molecule has 0 unspecified atom stereocenters. The molecule has 6 heteroatoms. The molecular formula is C23H35NO5. The quantitative estimate of drug-likeness (QED) is 0.537. The lowest BCUT2D eigenvalue weighted by molar-refractivity contribution is -0.142. The number of Topliss-reactive ketones (excluding diaryl/α,β-unsaturated/α-hetero) is 1. The van der Waals surface area contributed by atoms with Gasteiger partial charge in [-0.3, -0.25) is 4.79 Å². The normalized spacial score (nSPS) is 46.6. The Morgan fingerprint density at radius 3 is 2.62 bits per heavy atom. The number of nitrogens with zero attached hydrogens (tertiary/aromatic N) is 1. The van der Waals surface area contributed by atoms with E-state index in [0.717, 1.165) is 51.4 Å². The van der Waals surface area contributed by atoms with Crippen molar-refractivity contribution >= 4 is 18.0 Å². The summed E-state index contributed by atoms with van der Waals surface area (Å²) in [6.07, 6.45) is 10.7. The van der Waals surface area contributed by atoms with Crippen LogP contribution in [-0.4, -0.2) is 40.9 Å². The van der Waals surface area contributed by atoms with Crippen molar-refractivity contribution in [1.29, 1.82) is 0 Å². The first-order valence-electron chi connectivity index (χ1n) is 11.3. The largest absolute Gasteiger partial charge is 0.479 e. The maximum Gasteiger partial charge on any atom is 0.344 e. The van der Waals surface area contributed by atoms with Crippen LogP contribution in [0.3, 0.4) is 0 Å². The van der Waals surface area contributed by atoms with Gasteiger partial charge in [0, 0.05) is 11.3 Å². The van der Waals surface area contributed by atoms with Crippen molar-refractivity contribution in [3.63, 3.8) is 0 Å². The van der Waals surface area contributed by atoms with Crippen LogP contribution in [0.5, 0.6) is 0 Å². The predicted octanol–water partition coefficient (Wildman–Crippen LogP) is 3.66. The SMILES string of the molecule is CC(=O)[C@H]1CC[C@H]2[C@@H]3CC[C@@H]4C[C@@H](O)CC[C@]4(/C=N/OCC(=O)O)[C@H]3CC[C@]12C. The van der Waals surface area contributed by atoms with E-state index in [4.69, 9.17) is 9.94 Å². The molecule has 0 heterocycles. The molecule has 0 saturated heterocycles. The van der Waals surface area contributed by atoms with Gasteiger partial charge in [-0.15, -0.1) is 0 Å². The highest BCUT2D eigenvalue weighted by Gasteiger charge is 2.61. The molecule has 2 N–H and O–H groups in total. The zero-order valence-electron chi connectivity index (χ0n) is 17.7. The minimum atomic E-state index is -1.02. The monoisotopic (exact) mass is 405 g/mol. The van der Waals surface area contributed by atoms with Gasteiger partial charge in [-0.05, 0) is 93.8 Å². The zero-order chi connectivity index (χ0) is 20.8. The van der Waals surface area contributed by atoms with E-state index in [0.29, 0.717) is 29.5 Å². The zero-order valence-corrected chi connectivity index (χ0v) is 17.7. The van der Waals surface area contributed by atoms with E-state index in [1.807, 2.05) is 6.21 Å². The minimum absolute atomic E-state index is 0.115. The van der Waals surface area contributed by atoms with Gasteiger partial charge in [0.05, 0.1) is 12.3 Å². The molecule has 8 atom stereocenters. The molecule has 0 bridgehead atoms. The van der Waals surface area contributed by atoms with Crippen LogP contribution in [0.15, 0.2) is 5.16 Å². The third-order valence-electron chi connectivity index (χ3n) is 9.25. The van der Waals surface area contributed by atoms with Crippen LogP contribution >= 0.6 is 0 Å². The van der Waals surface area contributed by atoms with Crippen molar-refractivity contribution in [3.8, 4) is 0 Å².